The Labute approximate surface area is 158 Å². The fourth-order valence-corrected chi connectivity index (χ4v) is 3.29. The Kier molecular flexibility index (Phi) is 5.42. The van der Waals surface area contributed by atoms with Crippen LogP contribution < -0.4 is 5.56 Å². The number of carbonyl (C=O) groups is 1. The molecule has 27 heavy (non-hydrogen) atoms. The maximum absolute atomic E-state index is 12.8. The van der Waals surface area contributed by atoms with Gasteiger partial charge < -0.3 is 15.0 Å². The minimum absolute atomic E-state index is 0.145. The minimum Gasteiger partial charge on any atom is -0.395 e. The maximum atomic E-state index is 12.8. The summed E-state index contributed by atoms with van der Waals surface area (Å²) in [6, 6.07) is 13.1. The summed E-state index contributed by atoms with van der Waals surface area (Å²) in [5, 5.41) is 10.4. The van der Waals surface area contributed by atoms with Gasteiger partial charge in [0.05, 0.1) is 13.2 Å². The summed E-state index contributed by atoms with van der Waals surface area (Å²) >= 11 is 0. The van der Waals surface area contributed by atoms with E-state index in [4.69, 9.17) is 0 Å². The summed E-state index contributed by atoms with van der Waals surface area (Å²) in [5.74, 6) is -0.204. The molecule has 0 aliphatic rings. The van der Waals surface area contributed by atoms with Crippen molar-refractivity contribution >= 4 is 16.8 Å². The van der Waals surface area contributed by atoms with Gasteiger partial charge in [0.25, 0.3) is 11.5 Å². The van der Waals surface area contributed by atoms with Gasteiger partial charge in [0.1, 0.15) is 0 Å². The molecular weight excluding hydrogens is 340 g/mol. The molecule has 0 atom stereocenters. The number of hydrogen-bond acceptors (Lipinski definition) is 3. The number of H-pyrrole nitrogens is 1. The number of rotatable bonds is 5. The normalized spacial score (nSPS) is 11.0. The summed E-state index contributed by atoms with van der Waals surface area (Å²) in [5.41, 5.74) is 4.84. The molecule has 1 heterocycles. The van der Waals surface area contributed by atoms with Crippen molar-refractivity contribution in [2.75, 3.05) is 13.2 Å². The van der Waals surface area contributed by atoms with E-state index in [1.807, 2.05) is 45.0 Å². The number of nitrogens with zero attached hydrogens (tertiary/aromatic N) is 1. The first-order valence-corrected chi connectivity index (χ1v) is 8.99. The predicted molar refractivity (Wildman–Crippen MR) is 107 cm³/mol. The van der Waals surface area contributed by atoms with Crippen LogP contribution in [0.2, 0.25) is 0 Å². The van der Waals surface area contributed by atoms with Crippen LogP contribution >= 0.6 is 0 Å². The Bertz CT molecular complexity index is 1040. The van der Waals surface area contributed by atoms with E-state index in [2.05, 4.69) is 11.1 Å². The van der Waals surface area contributed by atoms with Crippen LogP contribution in [0.1, 0.15) is 32.6 Å². The molecule has 0 bridgehead atoms. The molecule has 0 aliphatic heterocycles. The summed E-state index contributed by atoms with van der Waals surface area (Å²) in [7, 11) is 0. The molecule has 2 aromatic carbocycles. The van der Waals surface area contributed by atoms with Gasteiger partial charge in [-0.25, -0.2) is 0 Å². The van der Waals surface area contributed by atoms with Crippen LogP contribution in [0.4, 0.5) is 0 Å². The van der Waals surface area contributed by atoms with E-state index < -0.39 is 0 Å². The number of fused-ring (bicyclic) bond motifs is 1. The zero-order valence-electron chi connectivity index (χ0n) is 15.9. The molecule has 3 aromatic rings. The van der Waals surface area contributed by atoms with E-state index >= 15 is 0 Å². The smallest absolute Gasteiger partial charge is 0.254 e. The number of hydrogen-bond donors (Lipinski definition) is 2. The third-order valence-corrected chi connectivity index (χ3v) is 4.71. The van der Waals surface area contributed by atoms with E-state index in [1.54, 1.807) is 12.1 Å². The lowest BCUT2D eigenvalue weighted by Gasteiger charge is -2.22. The lowest BCUT2D eigenvalue weighted by Crippen LogP contribution is -2.35. The molecule has 140 valence electrons. The van der Waals surface area contributed by atoms with Gasteiger partial charge in [-0.3, -0.25) is 9.59 Å². The first-order chi connectivity index (χ1) is 12.9. The molecule has 5 heteroatoms. The molecule has 0 saturated carbocycles. The van der Waals surface area contributed by atoms with Crippen LogP contribution in [0, 0.1) is 20.8 Å². The van der Waals surface area contributed by atoms with Gasteiger partial charge in [0, 0.05) is 28.6 Å². The minimum atomic E-state index is -0.216. The van der Waals surface area contributed by atoms with Crippen LogP contribution in [0.25, 0.3) is 10.9 Å². The van der Waals surface area contributed by atoms with Crippen LogP contribution in [0.3, 0.4) is 0 Å². The molecule has 0 aliphatic carbocycles. The molecule has 3 rings (SSSR count). The standard InChI is InChI=1S/C22H24N2O3/c1-14-4-6-17(7-5-14)22(27)24(8-9-25)13-18-12-19-16(3)10-15(2)11-20(19)23-21(18)26/h4-7,10-12,25H,8-9,13H2,1-3H3,(H,23,26). The van der Waals surface area contributed by atoms with Crippen LogP contribution in [-0.2, 0) is 6.54 Å². The number of nitrogens with one attached hydrogen (secondary N) is 1. The Hall–Kier alpha value is -2.92. The highest BCUT2D eigenvalue weighted by atomic mass is 16.3. The zero-order valence-corrected chi connectivity index (χ0v) is 15.9. The molecule has 1 amide bonds. The second-order valence-electron chi connectivity index (χ2n) is 6.98. The van der Waals surface area contributed by atoms with Crippen LogP contribution in [0.5, 0.6) is 0 Å². The van der Waals surface area contributed by atoms with Crippen LogP contribution in [0.15, 0.2) is 47.3 Å². The molecule has 1 aromatic heterocycles. The molecule has 0 saturated heterocycles. The Morgan fingerprint density at radius 2 is 1.74 bits per heavy atom. The second kappa shape index (κ2) is 7.76. The van der Waals surface area contributed by atoms with Crippen LogP contribution in [-0.4, -0.2) is 34.0 Å². The SMILES string of the molecule is Cc1ccc(C(=O)N(CCO)Cc2cc3c(C)cc(C)cc3[nH]c2=O)cc1. The maximum Gasteiger partial charge on any atom is 0.254 e. The van der Waals surface area contributed by atoms with Crippen molar-refractivity contribution in [3.8, 4) is 0 Å². The monoisotopic (exact) mass is 364 g/mol. The topological polar surface area (TPSA) is 73.4 Å². The zero-order chi connectivity index (χ0) is 19.6. The lowest BCUT2D eigenvalue weighted by atomic mass is 10.0. The number of aromatic nitrogens is 1. The third kappa shape index (κ3) is 4.09. The lowest BCUT2D eigenvalue weighted by molar-refractivity contribution is 0.0707. The predicted octanol–water partition coefficient (Wildman–Crippen LogP) is 3.09. The molecule has 5 nitrogen and oxygen atoms in total. The van der Waals surface area contributed by atoms with E-state index in [1.165, 1.54) is 4.90 Å². The average molecular weight is 364 g/mol. The van der Waals surface area contributed by atoms with E-state index in [0.29, 0.717) is 11.1 Å². The second-order valence-corrected chi connectivity index (χ2v) is 6.98. The summed E-state index contributed by atoms with van der Waals surface area (Å²) in [6.07, 6.45) is 0. The molecular formula is C22H24N2O3. The fourth-order valence-electron chi connectivity index (χ4n) is 3.29. The number of aliphatic hydroxyl groups is 1. The third-order valence-electron chi connectivity index (χ3n) is 4.71. The molecule has 0 radical (unpaired) electrons. The molecule has 0 fully saturated rings. The Morgan fingerprint density at radius 3 is 2.41 bits per heavy atom. The molecule has 0 unspecified atom stereocenters. The first-order valence-electron chi connectivity index (χ1n) is 8.99. The van der Waals surface area contributed by atoms with Crippen molar-refractivity contribution in [2.24, 2.45) is 0 Å². The van der Waals surface area contributed by atoms with Crippen molar-refractivity contribution in [1.82, 2.24) is 9.88 Å². The van der Waals surface area contributed by atoms with Gasteiger partial charge in [-0.15, -0.1) is 0 Å². The van der Waals surface area contributed by atoms with Gasteiger partial charge in [0.15, 0.2) is 0 Å². The quantitative estimate of drug-likeness (QED) is 0.731. The van der Waals surface area contributed by atoms with Gasteiger partial charge in [-0.2, -0.15) is 0 Å². The number of carbonyl (C=O) groups excluding carboxylic acids is 1. The Balaban J connectivity index is 1.96. The van der Waals surface area contributed by atoms with Gasteiger partial charge in [-0.05, 0) is 56.2 Å². The number of pyridine rings is 1. The number of aromatic amines is 1. The van der Waals surface area contributed by atoms with Crippen molar-refractivity contribution in [3.63, 3.8) is 0 Å². The first kappa shape index (κ1) is 18.9. The molecule has 2 N–H and O–H groups in total. The summed E-state index contributed by atoms with van der Waals surface area (Å²) < 4.78 is 0. The van der Waals surface area contributed by atoms with Crippen molar-refractivity contribution < 1.29 is 9.90 Å². The van der Waals surface area contributed by atoms with E-state index in [0.717, 1.165) is 27.6 Å². The van der Waals surface area contributed by atoms with Crippen molar-refractivity contribution in [3.05, 3.63) is 80.6 Å². The number of benzene rings is 2. The fraction of sp³-hybridized carbons (Fsp3) is 0.273. The van der Waals surface area contributed by atoms with Crippen molar-refractivity contribution in [2.45, 2.75) is 27.3 Å². The number of aliphatic hydroxyl groups excluding tert-OH is 1. The largest absolute Gasteiger partial charge is 0.395 e. The summed E-state index contributed by atoms with van der Waals surface area (Å²) in [4.78, 5) is 29.8. The van der Waals surface area contributed by atoms with Crippen molar-refractivity contribution in [1.29, 1.82) is 0 Å². The number of amides is 1. The highest BCUT2D eigenvalue weighted by Gasteiger charge is 2.18. The van der Waals surface area contributed by atoms with E-state index in [-0.39, 0.29) is 31.2 Å². The van der Waals surface area contributed by atoms with Gasteiger partial charge in [0.2, 0.25) is 0 Å². The average Bonchev–Trinajstić information content (AvgIpc) is 2.62. The summed E-state index contributed by atoms with van der Waals surface area (Å²) in [6.45, 7) is 6.09. The van der Waals surface area contributed by atoms with Gasteiger partial charge in [-0.1, -0.05) is 23.8 Å². The number of aryl methyl sites for hydroxylation is 3. The van der Waals surface area contributed by atoms with Gasteiger partial charge >= 0.3 is 0 Å². The van der Waals surface area contributed by atoms with E-state index in [9.17, 15) is 14.7 Å². The Morgan fingerprint density at radius 1 is 1.04 bits per heavy atom. The highest BCUT2D eigenvalue weighted by Crippen LogP contribution is 2.19. The molecule has 0 spiro atoms. The highest BCUT2D eigenvalue weighted by molar-refractivity contribution is 5.94.